The number of hydrazone groups is 1. The van der Waals surface area contributed by atoms with E-state index in [1.54, 1.807) is 18.2 Å². The van der Waals surface area contributed by atoms with Crippen molar-refractivity contribution in [2.24, 2.45) is 5.10 Å². The van der Waals surface area contributed by atoms with Gasteiger partial charge in [0.05, 0.1) is 23.6 Å². The van der Waals surface area contributed by atoms with E-state index in [2.05, 4.69) is 15.3 Å². The lowest BCUT2D eigenvalue weighted by molar-refractivity contribution is -0.127. The summed E-state index contributed by atoms with van der Waals surface area (Å²) in [4.78, 5) is 12.4. The summed E-state index contributed by atoms with van der Waals surface area (Å²) in [5.41, 5.74) is 2.15. The Kier molecular flexibility index (Phi) is 4.97. The molecule has 0 saturated carbocycles. The van der Waals surface area contributed by atoms with Crippen molar-refractivity contribution >= 4 is 23.4 Å². The molecule has 1 aliphatic heterocycles. The molecule has 0 fully saturated rings. The van der Waals surface area contributed by atoms with Crippen molar-refractivity contribution in [1.82, 2.24) is 15.2 Å². The first-order chi connectivity index (χ1) is 13.2. The average Bonchev–Trinajstić information content (AvgIpc) is 3.37. The molecule has 136 valence electrons. The van der Waals surface area contributed by atoms with E-state index in [4.69, 9.17) is 4.42 Å². The van der Waals surface area contributed by atoms with Crippen LogP contribution < -0.4 is 0 Å². The van der Waals surface area contributed by atoms with Crippen molar-refractivity contribution in [3.8, 4) is 11.5 Å². The van der Waals surface area contributed by atoms with Crippen LogP contribution in [0.15, 0.2) is 69.3 Å². The van der Waals surface area contributed by atoms with E-state index < -0.39 is 5.82 Å². The molecular weight excluding hydrogens is 367 g/mol. The van der Waals surface area contributed by atoms with Crippen LogP contribution in [-0.4, -0.2) is 39.1 Å². The van der Waals surface area contributed by atoms with Crippen LogP contribution in [0.5, 0.6) is 0 Å². The second-order valence-corrected chi connectivity index (χ2v) is 6.75. The summed E-state index contributed by atoms with van der Waals surface area (Å²) in [7, 11) is 0. The smallest absolute Gasteiger partial charge is 0.277 e. The van der Waals surface area contributed by atoms with Gasteiger partial charge in [-0.05, 0) is 17.7 Å². The highest BCUT2D eigenvalue weighted by Gasteiger charge is 2.22. The number of hydrogen-bond acceptors (Lipinski definition) is 6. The van der Waals surface area contributed by atoms with Crippen LogP contribution in [0.25, 0.3) is 11.5 Å². The molecule has 0 bridgehead atoms. The highest BCUT2D eigenvalue weighted by atomic mass is 32.2. The Hall–Kier alpha value is -3.00. The third-order valence-corrected chi connectivity index (χ3v) is 4.83. The van der Waals surface area contributed by atoms with Gasteiger partial charge in [0, 0.05) is 6.42 Å². The predicted molar refractivity (Wildman–Crippen MR) is 99.7 cm³/mol. The summed E-state index contributed by atoms with van der Waals surface area (Å²) in [5.74, 6) is -0.372. The number of rotatable bonds is 5. The third kappa shape index (κ3) is 3.90. The minimum Gasteiger partial charge on any atom is -0.411 e. The molecule has 0 atom stereocenters. The van der Waals surface area contributed by atoms with Gasteiger partial charge in [0.25, 0.3) is 17.0 Å². The largest absolute Gasteiger partial charge is 0.411 e. The lowest BCUT2D eigenvalue weighted by Crippen LogP contribution is -2.25. The SMILES string of the molecule is O=C(CSc1nnc(-c2ccccc2F)o1)N1CCC(c2ccccc2)=N1. The normalized spacial score (nSPS) is 13.7. The summed E-state index contributed by atoms with van der Waals surface area (Å²) in [6.45, 7) is 0.550. The molecule has 0 saturated heterocycles. The predicted octanol–water partition coefficient (Wildman–Crippen LogP) is 3.60. The van der Waals surface area contributed by atoms with Crippen molar-refractivity contribution in [3.05, 3.63) is 66.0 Å². The van der Waals surface area contributed by atoms with Gasteiger partial charge in [-0.25, -0.2) is 9.40 Å². The second-order valence-electron chi connectivity index (χ2n) is 5.82. The molecule has 0 unspecified atom stereocenters. The van der Waals surface area contributed by atoms with Crippen molar-refractivity contribution in [2.75, 3.05) is 12.3 Å². The second kappa shape index (κ2) is 7.71. The number of carbonyl (C=O) groups is 1. The van der Waals surface area contributed by atoms with Crippen LogP contribution in [-0.2, 0) is 4.79 Å². The van der Waals surface area contributed by atoms with Gasteiger partial charge in [0.1, 0.15) is 5.82 Å². The standard InChI is InChI=1S/C19H15FN4O2S/c20-15-9-5-4-8-14(15)18-21-22-19(26-18)27-12-17(25)24-11-10-16(23-24)13-6-2-1-3-7-13/h1-9H,10-12H2. The summed E-state index contributed by atoms with van der Waals surface area (Å²) in [6, 6.07) is 15.9. The van der Waals surface area contributed by atoms with Gasteiger partial charge >= 0.3 is 0 Å². The molecule has 2 aromatic carbocycles. The van der Waals surface area contributed by atoms with Crippen molar-refractivity contribution in [1.29, 1.82) is 0 Å². The molecule has 6 nitrogen and oxygen atoms in total. The Bertz CT molecular complexity index is 990. The zero-order chi connectivity index (χ0) is 18.6. The van der Waals surface area contributed by atoms with Crippen molar-refractivity contribution < 1.29 is 13.6 Å². The van der Waals surface area contributed by atoms with E-state index in [0.29, 0.717) is 6.54 Å². The lowest BCUT2D eigenvalue weighted by Gasteiger charge is -2.09. The Morgan fingerprint density at radius 2 is 1.89 bits per heavy atom. The highest BCUT2D eigenvalue weighted by molar-refractivity contribution is 7.99. The van der Waals surface area contributed by atoms with Crippen molar-refractivity contribution in [3.63, 3.8) is 0 Å². The van der Waals surface area contributed by atoms with E-state index in [1.165, 1.54) is 11.1 Å². The molecule has 2 heterocycles. The van der Waals surface area contributed by atoms with E-state index in [-0.39, 0.29) is 28.3 Å². The topological polar surface area (TPSA) is 71.6 Å². The molecule has 8 heteroatoms. The van der Waals surface area contributed by atoms with Crippen LogP contribution in [0.3, 0.4) is 0 Å². The molecule has 1 aliphatic rings. The highest BCUT2D eigenvalue weighted by Crippen LogP contribution is 2.25. The van der Waals surface area contributed by atoms with Gasteiger partial charge in [-0.1, -0.05) is 54.2 Å². The molecule has 0 N–H and O–H groups in total. The maximum atomic E-state index is 13.8. The minimum absolute atomic E-state index is 0.0913. The Morgan fingerprint density at radius 3 is 2.70 bits per heavy atom. The Balaban J connectivity index is 1.38. The number of hydrogen-bond donors (Lipinski definition) is 0. The lowest BCUT2D eigenvalue weighted by atomic mass is 10.1. The molecule has 1 aromatic heterocycles. The fourth-order valence-corrected chi connectivity index (χ4v) is 3.31. The van der Waals surface area contributed by atoms with E-state index in [0.717, 1.165) is 29.5 Å². The van der Waals surface area contributed by atoms with E-state index >= 15 is 0 Å². The van der Waals surface area contributed by atoms with Crippen molar-refractivity contribution in [2.45, 2.75) is 11.6 Å². The fourth-order valence-electron chi connectivity index (χ4n) is 2.68. The monoisotopic (exact) mass is 382 g/mol. The number of benzene rings is 2. The average molecular weight is 382 g/mol. The first-order valence-electron chi connectivity index (χ1n) is 8.35. The molecule has 0 aliphatic carbocycles. The summed E-state index contributed by atoms with van der Waals surface area (Å²) in [6.07, 6.45) is 0.721. The molecular formula is C19H15FN4O2S. The third-order valence-electron chi connectivity index (χ3n) is 4.03. The first-order valence-corrected chi connectivity index (χ1v) is 9.34. The molecule has 4 rings (SSSR count). The number of aromatic nitrogens is 2. The van der Waals surface area contributed by atoms with Crippen LogP contribution in [0.4, 0.5) is 4.39 Å². The summed E-state index contributed by atoms with van der Waals surface area (Å²) in [5, 5.41) is 13.8. The molecule has 0 radical (unpaired) electrons. The summed E-state index contributed by atoms with van der Waals surface area (Å²) >= 11 is 1.11. The van der Waals surface area contributed by atoms with Crippen LogP contribution in [0.2, 0.25) is 0 Å². The zero-order valence-corrected chi connectivity index (χ0v) is 15.0. The molecule has 27 heavy (non-hydrogen) atoms. The number of thioether (sulfide) groups is 1. The summed E-state index contributed by atoms with van der Waals surface area (Å²) < 4.78 is 19.2. The van der Waals surface area contributed by atoms with Gasteiger partial charge in [-0.3, -0.25) is 4.79 Å². The van der Waals surface area contributed by atoms with Gasteiger partial charge in [-0.2, -0.15) is 5.10 Å². The minimum atomic E-state index is -0.436. The maximum Gasteiger partial charge on any atom is 0.277 e. The van der Waals surface area contributed by atoms with Gasteiger partial charge in [0.15, 0.2) is 0 Å². The number of nitrogens with zero attached hydrogens (tertiary/aromatic N) is 4. The Labute approximate surface area is 159 Å². The zero-order valence-electron chi connectivity index (χ0n) is 14.2. The fraction of sp³-hybridized carbons (Fsp3) is 0.158. The van der Waals surface area contributed by atoms with E-state index in [1.807, 2.05) is 30.3 Å². The van der Waals surface area contributed by atoms with E-state index in [9.17, 15) is 9.18 Å². The Morgan fingerprint density at radius 1 is 1.11 bits per heavy atom. The number of halogens is 1. The number of amides is 1. The quantitative estimate of drug-likeness (QED) is 0.631. The molecule has 3 aromatic rings. The van der Waals surface area contributed by atoms with Gasteiger partial charge < -0.3 is 4.42 Å². The molecule has 1 amide bonds. The van der Waals surface area contributed by atoms with Crippen LogP contribution >= 0.6 is 11.8 Å². The maximum absolute atomic E-state index is 13.8. The first kappa shape index (κ1) is 17.4. The van der Waals surface area contributed by atoms with Crippen LogP contribution in [0.1, 0.15) is 12.0 Å². The van der Waals surface area contributed by atoms with Crippen LogP contribution in [0, 0.1) is 5.82 Å². The van der Waals surface area contributed by atoms with Gasteiger partial charge in [0.2, 0.25) is 0 Å². The van der Waals surface area contributed by atoms with Gasteiger partial charge in [-0.15, -0.1) is 10.2 Å². The number of carbonyl (C=O) groups excluding carboxylic acids is 1. The molecule has 0 spiro atoms.